The van der Waals surface area contributed by atoms with Gasteiger partial charge in [0, 0.05) is 18.7 Å². The van der Waals surface area contributed by atoms with E-state index >= 15 is 0 Å². The summed E-state index contributed by atoms with van der Waals surface area (Å²) < 4.78 is 0. The molecule has 20 heavy (non-hydrogen) atoms. The predicted molar refractivity (Wildman–Crippen MR) is 78.1 cm³/mol. The van der Waals surface area contributed by atoms with E-state index in [4.69, 9.17) is 5.73 Å². The zero-order valence-electron chi connectivity index (χ0n) is 11.2. The highest BCUT2D eigenvalue weighted by Crippen LogP contribution is 2.31. The Labute approximate surface area is 123 Å². The van der Waals surface area contributed by atoms with E-state index in [1.807, 2.05) is 0 Å². The maximum absolute atomic E-state index is 12.1. The van der Waals surface area contributed by atoms with Gasteiger partial charge in [0.25, 0.3) is 11.6 Å². The van der Waals surface area contributed by atoms with Gasteiger partial charge >= 0.3 is 0 Å². The minimum Gasteiger partial charge on any atom is -0.350 e. The molecule has 0 spiro atoms. The molecule has 7 heteroatoms. The molecule has 1 aromatic carbocycles. The first-order valence-electron chi connectivity index (χ1n) is 6.28. The number of carbonyl (C=O) groups is 1. The lowest BCUT2D eigenvalue weighted by Gasteiger charge is -2.12. The Morgan fingerprint density at radius 1 is 1.55 bits per heavy atom. The van der Waals surface area contributed by atoms with Crippen LogP contribution in [0.3, 0.4) is 0 Å². The molecular formula is C13H18ClN3O3. The largest absolute Gasteiger partial charge is 0.350 e. The van der Waals surface area contributed by atoms with Crippen LogP contribution in [0.2, 0.25) is 0 Å². The van der Waals surface area contributed by atoms with Gasteiger partial charge in [0.1, 0.15) is 5.56 Å². The molecule has 2 rings (SSSR count). The van der Waals surface area contributed by atoms with E-state index in [0.717, 1.165) is 12.8 Å². The number of hydrogen-bond donors (Lipinski definition) is 2. The monoisotopic (exact) mass is 299 g/mol. The number of nitrogens with two attached hydrogens (primary N) is 1. The number of nitrogens with zero attached hydrogens (tertiary/aromatic N) is 1. The Kier molecular flexibility index (Phi) is 5.47. The van der Waals surface area contributed by atoms with Crippen molar-refractivity contribution in [3.05, 3.63) is 39.4 Å². The average Bonchev–Trinajstić information content (AvgIpc) is 3.19. The molecule has 1 aliphatic carbocycles. The molecule has 1 atom stereocenters. The molecular weight excluding hydrogens is 282 g/mol. The van der Waals surface area contributed by atoms with Crippen molar-refractivity contribution in [1.82, 2.24) is 5.32 Å². The molecule has 0 aromatic heterocycles. The smallest absolute Gasteiger partial charge is 0.282 e. The van der Waals surface area contributed by atoms with Gasteiger partial charge in [-0.15, -0.1) is 12.4 Å². The molecule has 1 saturated carbocycles. The first kappa shape index (κ1) is 16.4. The summed E-state index contributed by atoms with van der Waals surface area (Å²) in [5, 5.41) is 13.6. The lowest BCUT2D eigenvalue weighted by molar-refractivity contribution is -0.385. The van der Waals surface area contributed by atoms with Crippen LogP contribution in [0.4, 0.5) is 5.69 Å². The third-order valence-corrected chi connectivity index (χ3v) is 3.40. The van der Waals surface area contributed by atoms with Crippen molar-refractivity contribution in [2.75, 3.05) is 6.54 Å². The van der Waals surface area contributed by atoms with Gasteiger partial charge in [-0.25, -0.2) is 0 Å². The lowest BCUT2D eigenvalue weighted by Crippen LogP contribution is -2.38. The van der Waals surface area contributed by atoms with Gasteiger partial charge in [0.2, 0.25) is 0 Å². The van der Waals surface area contributed by atoms with E-state index in [-0.39, 0.29) is 29.7 Å². The third-order valence-electron chi connectivity index (χ3n) is 3.40. The van der Waals surface area contributed by atoms with Crippen molar-refractivity contribution < 1.29 is 9.72 Å². The fraction of sp³-hybridized carbons (Fsp3) is 0.462. The second kappa shape index (κ2) is 6.67. The quantitative estimate of drug-likeness (QED) is 0.639. The van der Waals surface area contributed by atoms with E-state index in [9.17, 15) is 14.9 Å². The van der Waals surface area contributed by atoms with Gasteiger partial charge in [0.15, 0.2) is 0 Å². The molecule has 6 nitrogen and oxygen atoms in total. The van der Waals surface area contributed by atoms with E-state index in [0.29, 0.717) is 18.0 Å². The van der Waals surface area contributed by atoms with Crippen LogP contribution < -0.4 is 11.1 Å². The Morgan fingerprint density at radius 3 is 2.75 bits per heavy atom. The Hall–Kier alpha value is -1.66. The van der Waals surface area contributed by atoms with Crippen molar-refractivity contribution in [2.45, 2.75) is 25.8 Å². The van der Waals surface area contributed by atoms with Crippen LogP contribution in [-0.2, 0) is 0 Å². The highest BCUT2D eigenvalue weighted by atomic mass is 35.5. The van der Waals surface area contributed by atoms with Crippen molar-refractivity contribution >= 4 is 24.0 Å². The topological polar surface area (TPSA) is 98.3 Å². The summed E-state index contributed by atoms with van der Waals surface area (Å²) in [6.45, 7) is 2.04. The molecule has 0 bridgehead atoms. The van der Waals surface area contributed by atoms with Gasteiger partial charge < -0.3 is 11.1 Å². The summed E-state index contributed by atoms with van der Waals surface area (Å²) in [7, 11) is 0. The van der Waals surface area contributed by atoms with E-state index in [1.165, 1.54) is 6.07 Å². The Morgan fingerprint density at radius 2 is 2.20 bits per heavy atom. The molecule has 110 valence electrons. The number of amides is 1. The molecule has 3 N–H and O–H groups in total. The van der Waals surface area contributed by atoms with Crippen molar-refractivity contribution in [3.8, 4) is 0 Å². The number of halogens is 1. The van der Waals surface area contributed by atoms with Crippen LogP contribution in [0.25, 0.3) is 0 Å². The van der Waals surface area contributed by atoms with Gasteiger partial charge in [0.05, 0.1) is 4.92 Å². The number of nitro benzene ring substituents is 1. The fourth-order valence-electron chi connectivity index (χ4n) is 2.09. The summed E-state index contributed by atoms with van der Waals surface area (Å²) in [5.74, 6) is 0.0491. The highest BCUT2D eigenvalue weighted by Gasteiger charge is 2.29. The minimum atomic E-state index is -0.539. The van der Waals surface area contributed by atoms with Crippen LogP contribution in [0.15, 0.2) is 18.2 Å². The van der Waals surface area contributed by atoms with Crippen molar-refractivity contribution in [3.63, 3.8) is 0 Å². The summed E-state index contributed by atoms with van der Waals surface area (Å²) in [4.78, 5) is 22.5. The molecule has 0 aliphatic heterocycles. The fourth-order valence-corrected chi connectivity index (χ4v) is 2.09. The Balaban J connectivity index is 0.00000200. The summed E-state index contributed by atoms with van der Waals surface area (Å²) in [6.07, 6.45) is 2.20. The van der Waals surface area contributed by atoms with E-state index < -0.39 is 10.8 Å². The van der Waals surface area contributed by atoms with Crippen molar-refractivity contribution in [1.29, 1.82) is 0 Å². The highest BCUT2D eigenvalue weighted by molar-refractivity contribution is 5.99. The molecule has 0 saturated heterocycles. The number of nitrogens with one attached hydrogen (secondary N) is 1. The predicted octanol–water partition coefficient (Wildman–Crippen LogP) is 1.79. The lowest BCUT2D eigenvalue weighted by atomic mass is 10.1. The summed E-state index contributed by atoms with van der Waals surface area (Å²) >= 11 is 0. The molecule has 1 unspecified atom stereocenters. The SMILES string of the molecule is Cc1cccc([N+](=O)[O-])c1C(=O)NCC(N)C1CC1.Cl. The first-order valence-corrected chi connectivity index (χ1v) is 6.28. The number of hydrogen-bond acceptors (Lipinski definition) is 4. The van der Waals surface area contributed by atoms with Gasteiger partial charge in [-0.2, -0.15) is 0 Å². The molecule has 1 fully saturated rings. The maximum Gasteiger partial charge on any atom is 0.282 e. The van der Waals surface area contributed by atoms with Crippen LogP contribution in [0.1, 0.15) is 28.8 Å². The number of benzene rings is 1. The second-order valence-electron chi connectivity index (χ2n) is 4.94. The molecule has 1 amide bonds. The van der Waals surface area contributed by atoms with E-state index in [2.05, 4.69) is 5.32 Å². The zero-order valence-corrected chi connectivity index (χ0v) is 12.0. The third kappa shape index (κ3) is 3.68. The second-order valence-corrected chi connectivity index (χ2v) is 4.94. The van der Waals surface area contributed by atoms with Crippen molar-refractivity contribution in [2.24, 2.45) is 11.7 Å². The molecule has 0 heterocycles. The van der Waals surface area contributed by atoms with Crippen LogP contribution >= 0.6 is 12.4 Å². The van der Waals surface area contributed by atoms with Crippen LogP contribution in [-0.4, -0.2) is 23.4 Å². The number of rotatable bonds is 5. The van der Waals surface area contributed by atoms with E-state index in [1.54, 1.807) is 19.1 Å². The number of nitro groups is 1. The zero-order chi connectivity index (χ0) is 14.0. The number of carbonyl (C=O) groups excluding carboxylic acids is 1. The minimum absolute atomic E-state index is 0. The molecule has 1 aliphatic rings. The van der Waals surface area contributed by atoms with Gasteiger partial charge in [-0.3, -0.25) is 14.9 Å². The summed E-state index contributed by atoms with van der Waals surface area (Å²) in [5.41, 5.74) is 6.43. The molecule has 1 aromatic rings. The van der Waals surface area contributed by atoms with Gasteiger partial charge in [-0.05, 0) is 31.2 Å². The normalized spacial score (nSPS) is 15.1. The number of aryl methyl sites for hydroxylation is 1. The maximum atomic E-state index is 12.1. The molecule has 0 radical (unpaired) electrons. The standard InChI is InChI=1S/C13H17N3O3.ClH/c1-8-3-2-4-11(16(18)19)12(8)13(17)15-7-10(14)9-5-6-9;/h2-4,9-10H,5-7,14H2,1H3,(H,15,17);1H. The first-order chi connectivity index (χ1) is 9.00. The van der Waals surface area contributed by atoms with Crippen LogP contribution in [0, 0.1) is 23.0 Å². The van der Waals surface area contributed by atoms with Crippen LogP contribution in [0.5, 0.6) is 0 Å². The summed E-state index contributed by atoms with van der Waals surface area (Å²) in [6, 6.07) is 4.53. The average molecular weight is 300 g/mol. The van der Waals surface area contributed by atoms with Gasteiger partial charge in [-0.1, -0.05) is 12.1 Å². The Bertz CT molecular complexity index is 518.